The van der Waals surface area contributed by atoms with E-state index in [1.54, 1.807) is 6.07 Å². The first-order valence-electron chi connectivity index (χ1n) is 2.01. The van der Waals surface area contributed by atoms with Crippen LogP contribution in [0.5, 0.6) is 0 Å². The Morgan fingerprint density at radius 2 is 1.50 bits per heavy atom. The van der Waals surface area contributed by atoms with E-state index in [0.717, 1.165) is 0 Å². The Hall–Kier alpha value is -0.304. The van der Waals surface area contributed by atoms with Crippen LogP contribution >= 0.6 is 0 Å². The third kappa shape index (κ3) is 9.70. The topological polar surface area (TPSA) is 78.2 Å². The number of rotatable bonds is 0. The van der Waals surface area contributed by atoms with Crippen LogP contribution in [0.15, 0.2) is 0 Å². The maximum absolute atomic E-state index is 10.7. The molecule has 0 fully saturated rings. The molecule has 0 aliphatic carbocycles. The molecule has 1 N–H and O–H groups in total. The average Bonchev–Trinajstić information content (AvgIpc) is 1.60. The number of nitrogens with zero attached hydrogens (tertiary/aromatic N) is 1. The molecule has 1 radical (unpaired) electrons. The van der Waals surface area contributed by atoms with Crippen LogP contribution in [-0.4, -0.2) is 18.5 Å². The van der Waals surface area contributed by atoms with E-state index in [9.17, 15) is 13.2 Å². The predicted molar refractivity (Wildman–Crippen MR) is 28.9 cm³/mol. The second-order valence-corrected chi connectivity index (χ2v) is 2.56. The zero-order chi connectivity index (χ0) is 9.71. The maximum Gasteiger partial charge on any atom is 0.522 e. The Kier molecular flexibility index (Phi) is 9.20. The van der Waals surface area contributed by atoms with Crippen LogP contribution in [0.25, 0.3) is 0 Å². The van der Waals surface area contributed by atoms with Gasteiger partial charge in [-0.2, -0.15) is 26.9 Å². The maximum atomic E-state index is 10.7. The van der Waals surface area contributed by atoms with Gasteiger partial charge in [-0.1, -0.05) is 0 Å². The molecule has 12 heavy (non-hydrogen) atoms. The quantitative estimate of drug-likeness (QED) is 0.512. The summed E-state index contributed by atoms with van der Waals surface area (Å²) < 4.78 is 57.5. The summed E-state index contributed by atoms with van der Waals surface area (Å²) in [6.07, 6.45) is 0. The fourth-order valence-corrected chi connectivity index (χ4v) is 0. The minimum Gasteiger partial charge on any atom is -0.279 e. The monoisotopic (exact) mass is 250 g/mol. The zero-order valence-electron chi connectivity index (χ0n) is 5.59. The van der Waals surface area contributed by atoms with Gasteiger partial charge in [0.2, 0.25) is 0 Å². The fourth-order valence-electron chi connectivity index (χ4n) is 0. The smallest absolute Gasteiger partial charge is 0.279 e. The van der Waals surface area contributed by atoms with E-state index in [-0.39, 0.29) is 16.8 Å². The van der Waals surface area contributed by atoms with Gasteiger partial charge < -0.3 is 0 Å². The van der Waals surface area contributed by atoms with E-state index < -0.39 is 15.6 Å². The first-order valence-corrected chi connectivity index (χ1v) is 3.45. The van der Waals surface area contributed by atoms with E-state index in [1.165, 1.54) is 6.92 Å². The van der Waals surface area contributed by atoms with Crippen molar-refractivity contribution in [1.82, 2.24) is 0 Å². The van der Waals surface area contributed by atoms with Crippen molar-refractivity contribution in [2.24, 2.45) is 0 Å². The first-order chi connectivity index (χ1) is 4.66. The minimum absolute atomic E-state index is 0. The van der Waals surface area contributed by atoms with Gasteiger partial charge in [0.25, 0.3) is 0 Å². The SMILES string of the molecule is CC#N.O=S(=O)(O)C(F)(F)F.[Co]. The average molecular weight is 250 g/mol. The van der Waals surface area contributed by atoms with Crippen molar-refractivity contribution in [3.05, 3.63) is 0 Å². The molecule has 0 spiro atoms. The van der Waals surface area contributed by atoms with E-state index in [1.807, 2.05) is 0 Å². The zero-order valence-corrected chi connectivity index (χ0v) is 7.44. The summed E-state index contributed by atoms with van der Waals surface area (Å²) in [7, 11) is -5.84. The van der Waals surface area contributed by atoms with Gasteiger partial charge in [0.15, 0.2) is 0 Å². The van der Waals surface area contributed by atoms with Crippen LogP contribution in [0.2, 0.25) is 0 Å². The van der Waals surface area contributed by atoms with Crippen molar-refractivity contribution in [2.45, 2.75) is 12.4 Å². The van der Waals surface area contributed by atoms with Gasteiger partial charge in [-0.15, -0.1) is 0 Å². The number of hydrogen-bond acceptors (Lipinski definition) is 3. The summed E-state index contributed by atoms with van der Waals surface area (Å²) in [5.41, 5.74) is -5.53. The summed E-state index contributed by atoms with van der Waals surface area (Å²) >= 11 is 0. The molecule has 75 valence electrons. The second-order valence-electron chi connectivity index (χ2n) is 1.14. The molecule has 0 aliphatic rings. The van der Waals surface area contributed by atoms with Crippen LogP contribution in [0.4, 0.5) is 13.2 Å². The Morgan fingerprint density at radius 1 is 1.42 bits per heavy atom. The van der Waals surface area contributed by atoms with E-state index >= 15 is 0 Å². The molecule has 9 heteroatoms. The summed E-state index contributed by atoms with van der Waals surface area (Å²) in [4.78, 5) is 0. The van der Waals surface area contributed by atoms with Crippen molar-refractivity contribution < 1.29 is 42.9 Å². The molecule has 0 heterocycles. The van der Waals surface area contributed by atoms with Crippen LogP contribution in [0, 0.1) is 11.3 Å². The largest absolute Gasteiger partial charge is 0.522 e. The summed E-state index contributed by atoms with van der Waals surface area (Å²) in [6, 6.07) is 1.75. The Bertz CT molecular complexity index is 240. The number of nitriles is 1. The van der Waals surface area contributed by atoms with Crippen molar-refractivity contribution in [1.29, 1.82) is 5.26 Å². The molecule has 4 nitrogen and oxygen atoms in total. The first kappa shape index (κ1) is 17.7. The molecular weight excluding hydrogens is 246 g/mol. The van der Waals surface area contributed by atoms with Crippen molar-refractivity contribution in [3.63, 3.8) is 0 Å². The molecule has 0 atom stereocenters. The molecule has 0 aliphatic heterocycles. The molecular formula is C3H4CoF3NO3S. The second kappa shape index (κ2) is 6.24. The third-order valence-electron chi connectivity index (χ3n) is 0.292. The molecule has 0 rings (SSSR count). The molecule has 0 aromatic heterocycles. The Labute approximate surface area is 77.3 Å². The normalized spacial score (nSPS) is 10.0. The van der Waals surface area contributed by atoms with Crippen LogP contribution in [0.1, 0.15) is 6.92 Å². The molecule has 0 amide bonds. The number of alkyl halides is 3. The molecule has 0 saturated carbocycles. The summed E-state index contributed by atoms with van der Waals surface area (Å²) in [5, 5.41) is 7.32. The molecule has 0 aromatic rings. The molecule has 0 saturated heterocycles. The van der Waals surface area contributed by atoms with Gasteiger partial charge in [-0.05, 0) is 0 Å². The van der Waals surface area contributed by atoms with Crippen LogP contribution < -0.4 is 0 Å². The van der Waals surface area contributed by atoms with Gasteiger partial charge in [0.1, 0.15) is 0 Å². The fraction of sp³-hybridized carbons (Fsp3) is 0.667. The predicted octanol–water partition coefficient (Wildman–Crippen LogP) is 0.921. The number of hydrogen-bond donors (Lipinski definition) is 1. The van der Waals surface area contributed by atoms with Gasteiger partial charge in [-0.3, -0.25) is 4.55 Å². The summed E-state index contributed by atoms with van der Waals surface area (Å²) in [6.45, 7) is 1.43. The van der Waals surface area contributed by atoms with Crippen molar-refractivity contribution in [3.8, 4) is 6.07 Å². The standard InChI is InChI=1S/C2H3N.CHF3O3S.Co/c1-2-3;2-1(3,4)8(5,6)7;/h1H3;(H,5,6,7);. The van der Waals surface area contributed by atoms with Gasteiger partial charge in [-0.25, -0.2) is 0 Å². The molecule has 0 bridgehead atoms. The van der Waals surface area contributed by atoms with E-state index in [4.69, 9.17) is 18.2 Å². The number of halogens is 3. The minimum atomic E-state index is -5.84. The Morgan fingerprint density at radius 3 is 1.50 bits per heavy atom. The van der Waals surface area contributed by atoms with Gasteiger partial charge >= 0.3 is 15.6 Å². The van der Waals surface area contributed by atoms with Gasteiger partial charge in [0.05, 0.1) is 6.07 Å². The van der Waals surface area contributed by atoms with E-state index in [2.05, 4.69) is 0 Å². The molecule has 0 unspecified atom stereocenters. The molecule has 0 aromatic carbocycles. The third-order valence-corrected chi connectivity index (χ3v) is 0.877. The summed E-state index contributed by atoms with van der Waals surface area (Å²) in [5.74, 6) is 0. The van der Waals surface area contributed by atoms with E-state index in [0.29, 0.717) is 0 Å². The van der Waals surface area contributed by atoms with Crippen molar-refractivity contribution in [2.75, 3.05) is 0 Å². The van der Waals surface area contributed by atoms with Crippen LogP contribution in [-0.2, 0) is 26.9 Å². The Balaban J connectivity index is -0.000000177. The van der Waals surface area contributed by atoms with Gasteiger partial charge in [0, 0.05) is 23.7 Å². The van der Waals surface area contributed by atoms with Crippen molar-refractivity contribution >= 4 is 10.1 Å². The van der Waals surface area contributed by atoms with Crippen LogP contribution in [0.3, 0.4) is 0 Å².